The fourth-order valence-electron chi connectivity index (χ4n) is 1.06. The summed E-state index contributed by atoms with van der Waals surface area (Å²) in [7, 11) is 0. The number of carbonyl (C=O) groups is 2. The van der Waals surface area contributed by atoms with Gasteiger partial charge in [-0.2, -0.15) is 0 Å². The summed E-state index contributed by atoms with van der Waals surface area (Å²) >= 11 is 0. The van der Waals surface area contributed by atoms with Crippen LogP contribution in [0, 0.1) is 0 Å². The van der Waals surface area contributed by atoms with Gasteiger partial charge in [0.05, 0.1) is 19.1 Å². The first kappa shape index (κ1) is 13.1. The van der Waals surface area contributed by atoms with Gasteiger partial charge in [0, 0.05) is 0 Å². The third kappa shape index (κ3) is 5.70. The molecule has 4 heteroatoms. The normalized spacial score (nSPS) is 12.2. The molecular weight excluding hydrogens is 182 g/mol. The molecule has 0 aromatic heterocycles. The molecule has 0 amide bonds. The summed E-state index contributed by atoms with van der Waals surface area (Å²) in [6, 6.07) is -0.394. The molecule has 1 unspecified atom stereocenters. The Hall–Kier alpha value is -0.900. The highest BCUT2D eigenvalue weighted by Gasteiger charge is 2.17. The lowest BCUT2D eigenvalue weighted by Gasteiger charge is -2.13. The fraction of sp³-hybridized carbons (Fsp3) is 0.800. The first-order valence-corrected chi connectivity index (χ1v) is 5.01. The van der Waals surface area contributed by atoms with Crippen LogP contribution in [0.15, 0.2) is 0 Å². The third-order valence-electron chi connectivity index (χ3n) is 1.81. The van der Waals surface area contributed by atoms with Crippen LogP contribution in [-0.2, 0) is 14.3 Å². The van der Waals surface area contributed by atoms with E-state index >= 15 is 0 Å². The minimum atomic E-state index is -0.394. The molecule has 0 radical (unpaired) electrons. The van der Waals surface area contributed by atoms with Crippen LogP contribution in [0.1, 0.15) is 33.6 Å². The molecule has 0 fully saturated rings. The standard InChI is InChI=1S/C10H19NO3/c1-4-6-11-9(8(3)12)7-10(13)14-5-2/h9,11H,4-7H2,1-3H3. The maximum absolute atomic E-state index is 11.1. The Kier molecular flexibility index (Phi) is 7.02. The molecule has 14 heavy (non-hydrogen) atoms. The summed E-state index contributed by atoms with van der Waals surface area (Å²) < 4.78 is 4.77. The monoisotopic (exact) mass is 201 g/mol. The Labute approximate surface area is 85.0 Å². The molecule has 0 aromatic rings. The highest BCUT2D eigenvalue weighted by Crippen LogP contribution is 1.97. The van der Waals surface area contributed by atoms with Crippen LogP contribution in [0.3, 0.4) is 0 Å². The van der Waals surface area contributed by atoms with Crippen LogP contribution < -0.4 is 5.32 Å². The van der Waals surface area contributed by atoms with E-state index in [0.29, 0.717) is 6.61 Å². The number of carbonyl (C=O) groups excluding carboxylic acids is 2. The summed E-state index contributed by atoms with van der Waals surface area (Å²) in [6.07, 6.45) is 1.07. The smallest absolute Gasteiger partial charge is 0.307 e. The maximum Gasteiger partial charge on any atom is 0.307 e. The molecule has 0 rings (SSSR count). The van der Waals surface area contributed by atoms with Crippen molar-refractivity contribution >= 4 is 11.8 Å². The molecule has 0 aromatic carbocycles. The molecule has 1 N–H and O–H groups in total. The fourth-order valence-corrected chi connectivity index (χ4v) is 1.06. The van der Waals surface area contributed by atoms with Crippen LogP contribution in [-0.4, -0.2) is 30.9 Å². The minimum absolute atomic E-state index is 0.0218. The van der Waals surface area contributed by atoms with Crippen LogP contribution >= 0.6 is 0 Å². The van der Waals surface area contributed by atoms with Gasteiger partial charge < -0.3 is 10.1 Å². The van der Waals surface area contributed by atoms with Gasteiger partial charge in [0.1, 0.15) is 5.78 Å². The van der Waals surface area contributed by atoms with Gasteiger partial charge in [0.2, 0.25) is 0 Å². The zero-order chi connectivity index (χ0) is 11.0. The molecular formula is C10H19NO3. The Balaban J connectivity index is 3.95. The SMILES string of the molecule is CCCNC(CC(=O)OCC)C(C)=O. The molecule has 82 valence electrons. The van der Waals surface area contributed by atoms with Crippen LogP contribution in [0.2, 0.25) is 0 Å². The maximum atomic E-state index is 11.1. The largest absolute Gasteiger partial charge is 0.466 e. The van der Waals surface area contributed by atoms with E-state index in [1.165, 1.54) is 6.92 Å². The third-order valence-corrected chi connectivity index (χ3v) is 1.81. The van der Waals surface area contributed by atoms with Crippen molar-refractivity contribution in [1.29, 1.82) is 0 Å². The highest BCUT2D eigenvalue weighted by molar-refractivity contribution is 5.86. The lowest BCUT2D eigenvalue weighted by molar-refractivity contribution is -0.145. The van der Waals surface area contributed by atoms with Gasteiger partial charge in [0.25, 0.3) is 0 Å². The van der Waals surface area contributed by atoms with E-state index in [2.05, 4.69) is 5.32 Å². The second-order valence-electron chi connectivity index (χ2n) is 3.13. The van der Waals surface area contributed by atoms with Gasteiger partial charge >= 0.3 is 5.97 Å². The predicted molar refractivity (Wildman–Crippen MR) is 54.0 cm³/mol. The molecule has 0 saturated carbocycles. The molecule has 0 spiro atoms. The number of ketones is 1. The lowest BCUT2D eigenvalue weighted by Crippen LogP contribution is -2.38. The van der Waals surface area contributed by atoms with Crippen molar-refractivity contribution in [3.8, 4) is 0 Å². The topological polar surface area (TPSA) is 55.4 Å². The molecule has 1 atom stereocenters. The number of rotatable bonds is 7. The van der Waals surface area contributed by atoms with E-state index < -0.39 is 6.04 Å². The Morgan fingerprint density at radius 2 is 2.00 bits per heavy atom. The van der Waals surface area contributed by atoms with Crippen molar-refractivity contribution < 1.29 is 14.3 Å². The van der Waals surface area contributed by atoms with Crippen LogP contribution in [0.4, 0.5) is 0 Å². The van der Waals surface area contributed by atoms with Crippen molar-refractivity contribution in [3.63, 3.8) is 0 Å². The first-order valence-electron chi connectivity index (χ1n) is 5.01. The van der Waals surface area contributed by atoms with E-state index in [1.807, 2.05) is 6.92 Å². The zero-order valence-electron chi connectivity index (χ0n) is 9.13. The summed E-state index contributed by atoms with van der Waals surface area (Å²) in [6.45, 7) is 6.34. The van der Waals surface area contributed by atoms with E-state index in [0.717, 1.165) is 13.0 Å². The molecule has 0 heterocycles. The van der Waals surface area contributed by atoms with Gasteiger partial charge in [-0.05, 0) is 26.8 Å². The number of hydrogen-bond acceptors (Lipinski definition) is 4. The average molecular weight is 201 g/mol. The molecule has 0 saturated heterocycles. The van der Waals surface area contributed by atoms with Gasteiger partial charge in [-0.1, -0.05) is 6.92 Å². The summed E-state index contributed by atoms with van der Waals surface area (Å²) in [4.78, 5) is 22.2. The van der Waals surface area contributed by atoms with E-state index in [-0.39, 0.29) is 18.2 Å². The number of hydrogen-bond donors (Lipinski definition) is 1. The van der Waals surface area contributed by atoms with Gasteiger partial charge in [0.15, 0.2) is 0 Å². The van der Waals surface area contributed by atoms with E-state index in [1.54, 1.807) is 6.92 Å². The summed E-state index contributed by atoms with van der Waals surface area (Å²) in [5, 5.41) is 3.01. The molecule has 4 nitrogen and oxygen atoms in total. The molecule has 0 aliphatic carbocycles. The van der Waals surface area contributed by atoms with Crippen LogP contribution in [0.25, 0.3) is 0 Å². The van der Waals surface area contributed by atoms with E-state index in [4.69, 9.17) is 4.74 Å². The van der Waals surface area contributed by atoms with Gasteiger partial charge in [-0.15, -0.1) is 0 Å². The average Bonchev–Trinajstić information content (AvgIpc) is 2.12. The molecule has 0 aliphatic heterocycles. The number of ether oxygens (including phenoxy) is 1. The minimum Gasteiger partial charge on any atom is -0.466 e. The number of Topliss-reactive ketones (excluding diaryl/α,β-unsaturated/α-hetero) is 1. The molecule has 0 bridgehead atoms. The highest BCUT2D eigenvalue weighted by atomic mass is 16.5. The second kappa shape index (κ2) is 7.50. The number of nitrogens with one attached hydrogen (secondary N) is 1. The zero-order valence-corrected chi connectivity index (χ0v) is 9.13. The quantitative estimate of drug-likeness (QED) is 0.622. The lowest BCUT2D eigenvalue weighted by atomic mass is 10.1. The Morgan fingerprint density at radius 3 is 2.43 bits per heavy atom. The van der Waals surface area contributed by atoms with E-state index in [9.17, 15) is 9.59 Å². The summed E-state index contributed by atoms with van der Waals surface area (Å²) in [5.74, 6) is -0.345. The van der Waals surface area contributed by atoms with Crippen molar-refractivity contribution in [2.45, 2.75) is 39.7 Å². The summed E-state index contributed by atoms with van der Waals surface area (Å²) in [5.41, 5.74) is 0. The van der Waals surface area contributed by atoms with Crippen molar-refractivity contribution in [1.82, 2.24) is 5.32 Å². The van der Waals surface area contributed by atoms with Crippen LogP contribution in [0.5, 0.6) is 0 Å². The Bertz CT molecular complexity index is 192. The molecule has 0 aliphatic rings. The number of esters is 1. The van der Waals surface area contributed by atoms with Crippen molar-refractivity contribution in [2.75, 3.05) is 13.2 Å². The van der Waals surface area contributed by atoms with Crippen molar-refractivity contribution in [3.05, 3.63) is 0 Å². The Morgan fingerprint density at radius 1 is 1.36 bits per heavy atom. The van der Waals surface area contributed by atoms with Gasteiger partial charge in [-0.3, -0.25) is 9.59 Å². The van der Waals surface area contributed by atoms with Gasteiger partial charge in [-0.25, -0.2) is 0 Å². The second-order valence-corrected chi connectivity index (χ2v) is 3.13. The first-order chi connectivity index (χ1) is 6.61. The predicted octanol–water partition coefficient (Wildman–Crippen LogP) is 0.897. The van der Waals surface area contributed by atoms with Crippen molar-refractivity contribution in [2.24, 2.45) is 0 Å².